The van der Waals surface area contributed by atoms with Crippen molar-refractivity contribution in [3.63, 3.8) is 0 Å². The Morgan fingerprint density at radius 3 is 2.56 bits per heavy atom. The number of methoxy groups -OCH3 is 1. The maximum absolute atomic E-state index is 12.4. The molecule has 0 atom stereocenters. The van der Waals surface area contributed by atoms with Crippen molar-refractivity contribution < 1.29 is 23.9 Å². The smallest absolute Gasteiger partial charge is 0.363 e. The molecule has 0 radical (unpaired) electrons. The predicted octanol–water partition coefficient (Wildman–Crippen LogP) is 5.14. The van der Waals surface area contributed by atoms with Gasteiger partial charge in [0.2, 0.25) is 5.90 Å². The number of hydrogen-bond donors (Lipinski definition) is 0. The Balaban J connectivity index is 1.57. The molecule has 1 aliphatic rings. The molecule has 0 N–H and O–H groups in total. The van der Waals surface area contributed by atoms with Crippen LogP contribution in [0.4, 0.5) is 5.69 Å². The van der Waals surface area contributed by atoms with Gasteiger partial charge in [-0.3, -0.25) is 10.1 Å². The molecule has 0 unspecified atom stereocenters. The molecule has 172 valence electrons. The molecule has 0 spiro atoms. The van der Waals surface area contributed by atoms with Crippen molar-refractivity contribution in [3.05, 3.63) is 104 Å². The Labute approximate surface area is 196 Å². The first-order valence-electron chi connectivity index (χ1n) is 10.5. The van der Waals surface area contributed by atoms with Crippen molar-refractivity contribution in [2.24, 2.45) is 4.99 Å². The van der Waals surface area contributed by atoms with Gasteiger partial charge in [-0.1, -0.05) is 36.4 Å². The maximum atomic E-state index is 12.4. The van der Waals surface area contributed by atoms with E-state index < -0.39 is 10.9 Å². The summed E-state index contributed by atoms with van der Waals surface area (Å²) < 4.78 is 16.6. The molecule has 1 heterocycles. The molecule has 0 fully saturated rings. The zero-order valence-electron chi connectivity index (χ0n) is 18.9. The summed E-state index contributed by atoms with van der Waals surface area (Å²) >= 11 is 0. The number of esters is 1. The van der Waals surface area contributed by atoms with E-state index in [0.29, 0.717) is 34.8 Å². The van der Waals surface area contributed by atoms with Gasteiger partial charge >= 0.3 is 5.97 Å². The standard InChI is InChI=1S/C26H22N2O6/c1-16-6-4-5-7-20(16)15-33-23-11-9-18(13-24(23)32-3)12-21-26(29)34-25(27-21)19-10-8-17(2)22(14-19)28(30)31/h4-14H,15H2,1-3H3/b21-12-. The molecule has 34 heavy (non-hydrogen) atoms. The second kappa shape index (κ2) is 9.58. The van der Waals surface area contributed by atoms with E-state index in [2.05, 4.69) is 4.99 Å². The number of nitro groups is 1. The van der Waals surface area contributed by atoms with Crippen LogP contribution >= 0.6 is 0 Å². The number of aliphatic imine (C=N–C) groups is 1. The van der Waals surface area contributed by atoms with Crippen molar-refractivity contribution in [2.75, 3.05) is 7.11 Å². The molecule has 1 aliphatic heterocycles. The van der Waals surface area contributed by atoms with Gasteiger partial charge in [0.25, 0.3) is 5.69 Å². The van der Waals surface area contributed by atoms with Gasteiger partial charge in [0.1, 0.15) is 6.61 Å². The highest BCUT2D eigenvalue weighted by Crippen LogP contribution is 2.31. The Kier molecular flexibility index (Phi) is 6.40. The number of hydrogen-bond acceptors (Lipinski definition) is 7. The molecule has 8 heteroatoms. The lowest BCUT2D eigenvalue weighted by molar-refractivity contribution is -0.385. The van der Waals surface area contributed by atoms with E-state index in [4.69, 9.17) is 14.2 Å². The topological polar surface area (TPSA) is 100 Å². The van der Waals surface area contributed by atoms with Crippen LogP contribution in [0.15, 0.2) is 71.4 Å². The quantitative estimate of drug-likeness (QED) is 0.210. The van der Waals surface area contributed by atoms with Crippen molar-refractivity contribution >= 4 is 23.6 Å². The third-order valence-electron chi connectivity index (χ3n) is 5.41. The maximum Gasteiger partial charge on any atom is 0.363 e. The summed E-state index contributed by atoms with van der Waals surface area (Å²) in [6.07, 6.45) is 1.56. The summed E-state index contributed by atoms with van der Waals surface area (Å²) in [6.45, 7) is 4.05. The van der Waals surface area contributed by atoms with Gasteiger partial charge in [0, 0.05) is 17.2 Å². The van der Waals surface area contributed by atoms with Crippen molar-refractivity contribution in [1.29, 1.82) is 0 Å². The third kappa shape index (κ3) is 4.80. The first-order chi connectivity index (χ1) is 16.4. The third-order valence-corrected chi connectivity index (χ3v) is 5.41. The number of nitro benzene ring substituents is 1. The summed E-state index contributed by atoms with van der Waals surface area (Å²) in [5, 5.41) is 11.2. The van der Waals surface area contributed by atoms with Gasteiger partial charge in [-0.25, -0.2) is 9.79 Å². The molecule has 0 bridgehead atoms. The Morgan fingerprint density at radius 2 is 1.82 bits per heavy atom. The Morgan fingerprint density at radius 1 is 1.03 bits per heavy atom. The fraction of sp³-hybridized carbons (Fsp3) is 0.154. The van der Waals surface area contributed by atoms with E-state index in [-0.39, 0.29) is 17.3 Å². The number of carbonyl (C=O) groups is 1. The minimum atomic E-state index is -0.642. The zero-order valence-corrected chi connectivity index (χ0v) is 18.9. The monoisotopic (exact) mass is 458 g/mol. The highest BCUT2D eigenvalue weighted by atomic mass is 16.6. The summed E-state index contributed by atoms with van der Waals surface area (Å²) in [4.78, 5) is 27.3. The van der Waals surface area contributed by atoms with E-state index in [1.54, 1.807) is 43.3 Å². The summed E-state index contributed by atoms with van der Waals surface area (Å²) in [5.74, 6) is 0.451. The number of benzene rings is 3. The largest absolute Gasteiger partial charge is 0.493 e. The van der Waals surface area contributed by atoms with Crippen LogP contribution < -0.4 is 9.47 Å². The minimum absolute atomic E-state index is 0.0181. The number of ether oxygens (including phenoxy) is 3. The van der Waals surface area contributed by atoms with E-state index in [1.807, 2.05) is 31.2 Å². The predicted molar refractivity (Wildman–Crippen MR) is 127 cm³/mol. The summed E-state index contributed by atoms with van der Waals surface area (Å²) in [6, 6.07) is 17.8. The van der Waals surface area contributed by atoms with Gasteiger partial charge in [-0.05, 0) is 54.8 Å². The molecular weight excluding hydrogens is 436 g/mol. The van der Waals surface area contributed by atoms with Crippen LogP contribution in [-0.2, 0) is 16.1 Å². The number of carbonyl (C=O) groups excluding carboxylic acids is 1. The van der Waals surface area contributed by atoms with Gasteiger partial charge in [-0.2, -0.15) is 0 Å². The minimum Gasteiger partial charge on any atom is -0.493 e. The number of aryl methyl sites for hydroxylation is 2. The Hall–Kier alpha value is -4.46. The number of nitrogens with zero attached hydrogens (tertiary/aromatic N) is 2. The van der Waals surface area contributed by atoms with E-state index in [9.17, 15) is 14.9 Å². The van der Waals surface area contributed by atoms with Crippen LogP contribution in [0.2, 0.25) is 0 Å². The van der Waals surface area contributed by atoms with Crippen LogP contribution in [-0.4, -0.2) is 23.9 Å². The number of rotatable bonds is 7. The fourth-order valence-electron chi connectivity index (χ4n) is 3.45. The lowest BCUT2D eigenvalue weighted by Gasteiger charge is -2.12. The molecule has 3 aromatic carbocycles. The number of cyclic esters (lactones) is 1. The molecule has 8 nitrogen and oxygen atoms in total. The molecule has 0 aromatic heterocycles. The fourth-order valence-corrected chi connectivity index (χ4v) is 3.45. The molecular formula is C26H22N2O6. The lowest BCUT2D eigenvalue weighted by Crippen LogP contribution is -2.06. The normalized spacial score (nSPS) is 14.0. The Bertz CT molecular complexity index is 1340. The molecule has 0 aliphatic carbocycles. The van der Waals surface area contributed by atoms with Crippen molar-refractivity contribution in [2.45, 2.75) is 20.5 Å². The second-order valence-corrected chi connectivity index (χ2v) is 7.72. The highest BCUT2D eigenvalue weighted by Gasteiger charge is 2.26. The van der Waals surface area contributed by atoms with Gasteiger partial charge in [-0.15, -0.1) is 0 Å². The van der Waals surface area contributed by atoms with Crippen molar-refractivity contribution in [1.82, 2.24) is 0 Å². The van der Waals surface area contributed by atoms with Crippen LogP contribution in [0.25, 0.3) is 6.08 Å². The van der Waals surface area contributed by atoms with Gasteiger partial charge in [0.15, 0.2) is 17.2 Å². The average molecular weight is 458 g/mol. The molecule has 3 aromatic rings. The van der Waals surface area contributed by atoms with E-state index >= 15 is 0 Å². The SMILES string of the molecule is COc1cc(/C=C2\N=C(c3ccc(C)c([N+](=O)[O-])c3)OC2=O)ccc1OCc1ccccc1C. The van der Waals surface area contributed by atoms with Crippen molar-refractivity contribution in [3.8, 4) is 11.5 Å². The molecule has 0 saturated carbocycles. The van der Waals surface area contributed by atoms with Crippen LogP contribution in [0, 0.1) is 24.0 Å². The summed E-state index contributed by atoms with van der Waals surface area (Å²) in [5.41, 5.74) is 3.73. The van der Waals surface area contributed by atoms with Crippen LogP contribution in [0.1, 0.15) is 27.8 Å². The van der Waals surface area contributed by atoms with Crippen LogP contribution in [0.5, 0.6) is 11.5 Å². The highest BCUT2D eigenvalue weighted by molar-refractivity contribution is 6.13. The van der Waals surface area contributed by atoms with E-state index in [0.717, 1.165) is 11.1 Å². The van der Waals surface area contributed by atoms with Crippen LogP contribution in [0.3, 0.4) is 0 Å². The van der Waals surface area contributed by atoms with Gasteiger partial charge < -0.3 is 14.2 Å². The van der Waals surface area contributed by atoms with E-state index in [1.165, 1.54) is 13.2 Å². The zero-order chi connectivity index (χ0) is 24.2. The molecule has 4 rings (SSSR count). The molecule has 0 amide bonds. The lowest BCUT2D eigenvalue weighted by atomic mass is 10.1. The van der Waals surface area contributed by atoms with Gasteiger partial charge in [0.05, 0.1) is 12.0 Å². The average Bonchev–Trinajstić information content (AvgIpc) is 3.19. The first kappa shape index (κ1) is 22.7. The summed E-state index contributed by atoms with van der Waals surface area (Å²) in [7, 11) is 1.54. The first-order valence-corrected chi connectivity index (χ1v) is 10.5. The second-order valence-electron chi connectivity index (χ2n) is 7.72. The molecule has 0 saturated heterocycles.